The summed E-state index contributed by atoms with van der Waals surface area (Å²) in [5, 5.41) is 0. The van der Waals surface area contributed by atoms with Gasteiger partial charge in [-0.05, 0) is 69.3 Å². The van der Waals surface area contributed by atoms with E-state index in [1.54, 1.807) is 0 Å². The number of fused-ring (bicyclic) bond motifs is 1. The Morgan fingerprint density at radius 2 is 2.04 bits per heavy atom. The van der Waals surface area contributed by atoms with Crippen LogP contribution in [0.15, 0.2) is 18.2 Å². The molecule has 1 N–H and O–H groups in total. The van der Waals surface area contributed by atoms with Crippen molar-refractivity contribution in [2.24, 2.45) is 5.41 Å². The molecule has 0 radical (unpaired) electrons. The third-order valence-corrected chi connectivity index (χ3v) is 6.11. The van der Waals surface area contributed by atoms with Gasteiger partial charge in [0.1, 0.15) is 5.82 Å². The Hall–Kier alpha value is -1.88. The number of hydrogen-bond donors (Lipinski definition) is 1. The minimum atomic E-state index is 0.341. The van der Waals surface area contributed by atoms with Gasteiger partial charge in [-0.3, -0.25) is 9.69 Å². The van der Waals surface area contributed by atoms with E-state index in [4.69, 9.17) is 4.98 Å². The van der Waals surface area contributed by atoms with Crippen molar-refractivity contribution in [2.45, 2.75) is 46.1 Å². The maximum atomic E-state index is 12.0. The minimum Gasteiger partial charge on any atom is -0.342 e. The molecule has 134 valence electrons. The van der Waals surface area contributed by atoms with E-state index >= 15 is 0 Å². The zero-order valence-corrected chi connectivity index (χ0v) is 15.3. The Labute approximate surface area is 149 Å². The molecular weight excluding hydrogens is 312 g/mol. The molecular formula is C20H28N4O. The Balaban J connectivity index is 1.39. The fourth-order valence-electron chi connectivity index (χ4n) is 4.45. The van der Waals surface area contributed by atoms with Crippen molar-refractivity contribution in [3.05, 3.63) is 29.6 Å². The summed E-state index contributed by atoms with van der Waals surface area (Å²) >= 11 is 0. The van der Waals surface area contributed by atoms with E-state index in [1.165, 1.54) is 18.4 Å². The van der Waals surface area contributed by atoms with Gasteiger partial charge in [0.25, 0.3) is 0 Å². The normalized spacial score (nSPS) is 21.4. The molecule has 3 heterocycles. The number of H-pyrrole nitrogens is 1. The summed E-state index contributed by atoms with van der Waals surface area (Å²) in [6, 6.07) is 6.37. The van der Waals surface area contributed by atoms with Gasteiger partial charge in [-0.25, -0.2) is 4.98 Å². The fourth-order valence-corrected chi connectivity index (χ4v) is 4.45. The summed E-state index contributed by atoms with van der Waals surface area (Å²) in [6.07, 6.45) is 4.18. The van der Waals surface area contributed by atoms with E-state index < -0.39 is 0 Å². The molecule has 2 aliphatic rings. The number of piperidine rings is 2. The molecule has 2 saturated heterocycles. The summed E-state index contributed by atoms with van der Waals surface area (Å²) in [7, 11) is 0. The quantitative estimate of drug-likeness (QED) is 0.934. The zero-order valence-electron chi connectivity index (χ0n) is 15.3. The number of imidazole rings is 1. The number of carbonyl (C=O) groups is 1. The molecule has 1 amide bonds. The van der Waals surface area contributed by atoms with Gasteiger partial charge < -0.3 is 9.88 Å². The lowest BCUT2D eigenvalue weighted by Gasteiger charge is -2.47. The summed E-state index contributed by atoms with van der Waals surface area (Å²) in [5.74, 6) is 1.40. The van der Waals surface area contributed by atoms with Crippen LogP contribution in [0.3, 0.4) is 0 Å². The molecule has 1 spiro atoms. The molecule has 0 saturated carbocycles. The van der Waals surface area contributed by atoms with E-state index in [2.05, 4.69) is 46.8 Å². The van der Waals surface area contributed by atoms with Crippen molar-refractivity contribution >= 4 is 16.9 Å². The van der Waals surface area contributed by atoms with Crippen LogP contribution >= 0.6 is 0 Å². The molecule has 2 fully saturated rings. The Bertz CT molecular complexity index is 773. The second-order valence-corrected chi connectivity index (χ2v) is 7.89. The number of benzene rings is 1. The number of rotatable bonds is 3. The summed E-state index contributed by atoms with van der Waals surface area (Å²) in [4.78, 5) is 24.7. The monoisotopic (exact) mass is 340 g/mol. The molecule has 0 aliphatic carbocycles. The number of aromatic nitrogens is 2. The maximum absolute atomic E-state index is 12.0. The van der Waals surface area contributed by atoms with Crippen LogP contribution in [0.25, 0.3) is 11.0 Å². The van der Waals surface area contributed by atoms with Gasteiger partial charge >= 0.3 is 0 Å². The molecule has 0 bridgehead atoms. The molecule has 1 aromatic carbocycles. The summed E-state index contributed by atoms with van der Waals surface area (Å²) < 4.78 is 0. The standard InChI is InChI=1S/C20H28N4O/c1-3-24-14-20(7-6-19(24)25)8-10-23(11-9-20)13-18-21-16-5-4-15(2)12-17(16)22-18/h4-5,12H,3,6-11,13-14H2,1-2H3,(H,21,22). The number of amides is 1. The highest BCUT2D eigenvalue weighted by atomic mass is 16.2. The Morgan fingerprint density at radius 3 is 2.80 bits per heavy atom. The van der Waals surface area contributed by atoms with Crippen molar-refractivity contribution in [1.29, 1.82) is 0 Å². The van der Waals surface area contributed by atoms with E-state index in [0.717, 1.165) is 62.4 Å². The molecule has 1 aromatic heterocycles. The van der Waals surface area contributed by atoms with Crippen molar-refractivity contribution in [3.8, 4) is 0 Å². The van der Waals surface area contributed by atoms with Crippen LogP contribution in [0.5, 0.6) is 0 Å². The lowest BCUT2D eigenvalue weighted by molar-refractivity contribution is -0.138. The molecule has 25 heavy (non-hydrogen) atoms. The van der Waals surface area contributed by atoms with Crippen molar-refractivity contribution in [1.82, 2.24) is 19.8 Å². The van der Waals surface area contributed by atoms with Gasteiger partial charge in [0, 0.05) is 19.5 Å². The Kier molecular flexibility index (Phi) is 4.28. The van der Waals surface area contributed by atoms with Crippen LogP contribution < -0.4 is 0 Å². The number of hydrogen-bond acceptors (Lipinski definition) is 3. The zero-order chi connectivity index (χ0) is 17.4. The highest BCUT2D eigenvalue weighted by Gasteiger charge is 2.40. The van der Waals surface area contributed by atoms with Crippen LogP contribution in [0.2, 0.25) is 0 Å². The lowest BCUT2D eigenvalue weighted by Crippen LogP contribution is -2.51. The van der Waals surface area contributed by atoms with Crippen LogP contribution in [0.1, 0.15) is 44.0 Å². The maximum Gasteiger partial charge on any atom is 0.222 e. The first kappa shape index (κ1) is 16.6. The van der Waals surface area contributed by atoms with Gasteiger partial charge in [0.2, 0.25) is 5.91 Å². The fraction of sp³-hybridized carbons (Fsp3) is 0.600. The van der Waals surface area contributed by atoms with Crippen LogP contribution in [-0.2, 0) is 11.3 Å². The number of nitrogens with zero attached hydrogens (tertiary/aromatic N) is 3. The van der Waals surface area contributed by atoms with Gasteiger partial charge in [0.15, 0.2) is 0 Å². The number of carbonyl (C=O) groups excluding carboxylic acids is 1. The van der Waals surface area contributed by atoms with Gasteiger partial charge in [-0.15, -0.1) is 0 Å². The molecule has 4 rings (SSSR count). The van der Waals surface area contributed by atoms with Crippen molar-refractivity contribution in [2.75, 3.05) is 26.2 Å². The highest BCUT2D eigenvalue weighted by molar-refractivity contribution is 5.77. The van der Waals surface area contributed by atoms with E-state index in [-0.39, 0.29) is 0 Å². The average molecular weight is 340 g/mol. The third-order valence-electron chi connectivity index (χ3n) is 6.11. The molecule has 2 aromatic rings. The number of aromatic amines is 1. The number of aryl methyl sites for hydroxylation is 1. The van der Waals surface area contributed by atoms with E-state index in [9.17, 15) is 4.79 Å². The summed E-state index contributed by atoms with van der Waals surface area (Å²) in [5.41, 5.74) is 3.80. The molecule has 0 unspecified atom stereocenters. The minimum absolute atomic E-state index is 0.341. The average Bonchev–Trinajstić information content (AvgIpc) is 3.01. The van der Waals surface area contributed by atoms with E-state index in [0.29, 0.717) is 11.3 Å². The number of likely N-dealkylation sites (tertiary alicyclic amines) is 2. The van der Waals surface area contributed by atoms with E-state index in [1.807, 2.05) is 0 Å². The second-order valence-electron chi connectivity index (χ2n) is 7.89. The van der Waals surface area contributed by atoms with Crippen molar-refractivity contribution in [3.63, 3.8) is 0 Å². The molecule has 0 atom stereocenters. The highest BCUT2D eigenvalue weighted by Crippen LogP contribution is 2.40. The van der Waals surface area contributed by atoms with Crippen molar-refractivity contribution < 1.29 is 4.79 Å². The predicted molar refractivity (Wildman–Crippen MR) is 99.3 cm³/mol. The number of nitrogens with one attached hydrogen (secondary N) is 1. The van der Waals surface area contributed by atoms with Gasteiger partial charge in [-0.2, -0.15) is 0 Å². The smallest absolute Gasteiger partial charge is 0.222 e. The first-order valence-corrected chi connectivity index (χ1v) is 9.52. The van der Waals surface area contributed by atoms with Crippen LogP contribution in [-0.4, -0.2) is 51.9 Å². The molecule has 5 nitrogen and oxygen atoms in total. The summed E-state index contributed by atoms with van der Waals surface area (Å²) in [6.45, 7) is 9.10. The SMILES string of the molecule is CCN1CC2(CCC1=O)CCN(Cc1nc3ccc(C)cc3[nH]1)CC2. The van der Waals surface area contributed by atoms with Gasteiger partial charge in [-0.1, -0.05) is 6.07 Å². The first-order valence-electron chi connectivity index (χ1n) is 9.52. The second kappa shape index (κ2) is 6.45. The van der Waals surface area contributed by atoms with Crippen LogP contribution in [0.4, 0.5) is 0 Å². The predicted octanol–water partition coefficient (Wildman–Crippen LogP) is 3.10. The first-order chi connectivity index (χ1) is 12.1. The van der Waals surface area contributed by atoms with Crippen LogP contribution in [0, 0.1) is 12.3 Å². The largest absolute Gasteiger partial charge is 0.342 e. The lowest BCUT2D eigenvalue weighted by atomic mass is 9.72. The third kappa shape index (κ3) is 3.30. The molecule has 2 aliphatic heterocycles. The van der Waals surface area contributed by atoms with Gasteiger partial charge in [0.05, 0.1) is 17.6 Å². The topological polar surface area (TPSA) is 52.2 Å². The molecule has 5 heteroatoms. The Morgan fingerprint density at radius 1 is 1.24 bits per heavy atom.